The van der Waals surface area contributed by atoms with Crippen molar-refractivity contribution in [2.24, 2.45) is 5.73 Å². The number of nitrogens with one attached hydrogen (secondary N) is 1. The van der Waals surface area contributed by atoms with E-state index in [1.807, 2.05) is 12.1 Å². The van der Waals surface area contributed by atoms with Crippen molar-refractivity contribution in [1.82, 2.24) is 9.97 Å². The van der Waals surface area contributed by atoms with Crippen LogP contribution in [0.1, 0.15) is 43.5 Å². The average Bonchev–Trinajstić information content (AvgIpc) is 2.88. The van der Waals surface area contributed by atoms with Crippen LogP contribution in [0.5, 0.6) is 0 Å². The first-order valence-corrected chi connectivity index (χ1v) is 13.1. The van der Waals surface area contributed by atoms with Gasteiger partial charge in [-0.25, -0.2) is 9.97 Å². The summed E-state index contributed by atoms with van der Waals surface area (Å²) in [6.45, 7) is 1.70. The summed E-state index contributed by atoms with van der Waals surface area (Å²) in [5, 5.41) is 4.63. The molecular weight excluding hydrogens is 531 g/mol. The molecule has 0 unspecified atom stereocenters. The van der Waals surface area contributed by atoms with Crippen LogP contribution >= 0.6 is 22.6 Å². The van der Waals surface area contributed by atoms with Gasteiger partial charge in [0.2, 0.25) is 0 Å². The number of unbranched alkanes of at least 4 members (excludes halogenated alkanes) is 4. The van der Waals surface area contributed by atoms with Crippen LogP contribution in [0.4, 0.5) is 5.82 Å². The predicted octanol–water partition coefficient (Wildman–Crippen LogP) is 7.39. The zero-order valence-corrected chi connectivity index (χ0v) is 21.5. The molecule has 34 heavy (non-hydrogen) atoms. The summed E-state index contributed by atoms with van der Waals surface area (Å²) in [5.41, 5.74) is 10.1. The molecule has 4 nitrogen and oxygen atoms in total. The second kappa shape index (κ2) is 12.6. The molecule has 4 rings (SSSR count). The Kier molecular flexibility index (Phi) is 9.04. The van der Waals surface area contributed by atoms with Gasteiger partial charge in [0, 0.05) is 15.5 Å². The fraction of sp³-hybridized carbons (Fsp3) is 0.241. The zero-order valence-electron chi connectivity index (χ0n) is 19.4. The highest BCUT2D eigenvalue weighted by molar-refractivity contribution is 14.1. The lowest BCUT2D eigenvalue weighted by Crippen LogP contribution is -2.06. The van der Waals surface area contributed by atoms with E-state index < -0.39 is 0 Å². The molecule has 0 radical (unpaired) electrons. The number of benzene rings is 3. The van der Waals surface area contributed by atoms with Crippen LogP contribution in [0, 0.1) is 3.57 Å². The highest BCUT2D eigenvalue weighted by Crippen LogP contribution is 2.24. The Morgan fingerprint density at radius 1 is 0.765 bits per heavy atom. The lowest BCUT2D eigenvalue weighted by Gasteiger charge is -2.10. The van der Waals surface area contributed by atoms with Crippen molar-refractivity contribution in [1.29, 1.82) is 0 Å². The Hall–Kier alpha value is -2.77. The number of fused-ring (bicyclic) bond motifs is 1. The van der Waals surface area contributed by atoms with E-state index in [1.165, 1.54) is 34.0 Å². The van der Waals surface area contributed by atoms with Crippen molar-refractivity contribution >= 4 is 51.5 Å². The van der Waals surface area contributed by atoms with E-state index in [9.17, 15) is 0 Å². The van der Waals surface area contributed by atoms with Crippen molar-refractivity contribution in [3.05, 3.63) is 87.8 Å². The van der Waals surface area contributed by atoms with Crippen LogP contribution in [0.3, 0.4) is 0 Å². The third-order valence-corrected chi connectivity index (χ3v) is 6.46. The smallest absolute Gasteiger partial charge is 0.154 e. The van der Waals surface area contributed by atoms with Crippen LogP contribution in [-0.4, -0.2) is 23.1 Å². The Bertz CT molecular complexity index is 1220. The highest BCUT2D eigenvalue weighted by atomic mass is 127. The Balaban J connectivity index is 1.47. The van der Waals surface area contributed by atoms with Gasteiger partial charge in [0.1, 0.15) is 5.82 Å². The normalized spacial score (nSPS) is 11.4. The van der Waals surface area contributed by atoms with Gasteiger partial charge in [-0.15, -0.1) is 0 Å². The van der Waals surface area contributed by atoms with Gasteiger partial charge in [-0.1, -0.05) is 79.9 Å². The van der Waals surface area contributed by atoms with Crippen LogP contribution in [0.15, 0.2) is 72.8 Å². The predicted molar refractivity (Wildman–Crippen MR) is 154 cm³/mol. The number of halogens is 1. The second-order valence-corrected chi connectivity index (χ2v) is 9.64. The Morgan fingerprint density at radius 2 is 1.50 bits per heavy atom. The number of nitrogens with zero attached hydrogens (tertiary/aromatic N) is 2. The summed E-state index contributed by atoms with van der Waals surface area (Å²) < 4.78 is 1.18. The first-order valence-electron chi connectivity index (χ1n) is 12.0. The quantitative estimate of drug-likeness (QED) is 0.148. The number of anilines is 1. The van der Waals surface area contributed by atoms with Gasteiger partial charge in [0.05, 0.1) is 5.52 Å². The lowest BCUT2D eigenvalue weighted by molar-refractivity contribution is 0.629. The maximum absolute atomic E-state index is 5.58. The molecule has 0 aliphatic heterocycles. The third-order valence-electron chi connectivity index (χ3n) is 5.79. The fourth-order valence-electron chi connectivity index (χ4n) is 3.92. The third kappa shape index (κ3) is 6.87. The molecule has 174 valence electrons. The summed E-state index contributed by atoms with van der Waals surface area (Å²) in [6, 6.07) is 25.3. The molecule has 0 bridgehead atoms. The first kappa shape index (κ1) is 24.4. The fourth-order valence-corrected chi connectivity index (χ4v) is 4.41. The molecule has 1 aromatic heterocycles. The number of rotatable bonds is 11. The Labute approximate surface area is 215 Å². The SMILES string of the molecule is NCCCCCCCNc1nc(C=Cc2ccc(-c3ccccc3)cc2)nc2ccc(I)cc12. The molecule has 4 aromatic rings. The van der Waals surface area contributed by atoms with Crippen molar-refractivity contribution < 1.29 is 0 Å². The number of nitrogens with two attached hydrogens (primary N) is 1. The molecule has 0 saturated carbocycles. The van der Waals surface area contributed by atoms with E-state index in [4.69, 9.17) is 15.7 Å². The molecule has 0 spiro atoms. The number of hydrogen-bond donors (Lipinski definition) is 2. The van der Waals surface area contributed by atoms with E-state index in [0.717, 1.165) is 48.2 Å². The summed E-state index contributed by atoms with van der Waals surface area (Å²) in [4.78, 5) is 9.62. The molecule has 0 fully saturated rings. The van der Waals surface area contributed by atoms with Crippen molar-refractivity contribution in [3.8, 4) is 11.1 Å². The van der Waals surface area contributed by atoms with E-state index in [-0.39, 0.29) is 0 Å². The molecule has 0 amide bonds. The van der Waals surface area contributed by atoms with Gasteiger partial charge >= 0.3 is 0 Å². The molecule has 0 atom stereocenters. The van der Waals surface area contributed by atoms with Crippen LogP contribution in [-0.2, 0) is 0 Å². The van der Waals surface area contributed by atoms with Crippen LogP contribution < -0.4 is 11.1 Å². The minimum Gasteiger partial charge on any atom is -0.369 e. The molecular formula is C29H31IN4. The molecule has 0 aliphatic rings. The average molecular weight is 562 g/mol. The summed E-state index contributed by atoms with van der Waals surface area (Å²) in [6.07, 6.45) is 9.97. The maximum Gasteiger partial charge on any atom is 0.154 e. The number of hydrogen-bond acceptors (Lipinski definition) is 4. The summed E-state index contributed by atoms with van der Waals surface area (Å²) >= 11 is 2.34. The second-order valence-electron chi connectivity index (χ2n) is 8.40. The van der Waals surface area contributed by atoms with Gasteiger partial charge in [-0.05, 0) is 82.9 Å². The molecule has 3 aromatic carbocycles. The largest absolute Gasteiger partial charge is 0.369 e. The van der Waals surface area contributed by atoms with Gasteiger partial charge in [0.15, 0.2) is 5.82 Å². The maximum atomic E-state index is 5.58. The standard InChI is InChI=1S/C29H31IN4/c30-25-16-17-27-26(21-25)29(32-20-8-3-1-2-7-19-31)34-28(33-27)18-13-22-11-14-24(15-12-22)23-9-5-4-6-10-23/h4-6,9-18,21H,1-3,7-8,19-20,31H2,(H,32,33,34). The topological polar surface area (TPSA) is 63.8 Å². The van der Waals surface area contributed by atoms with Crippen LogP contribution in [0.25, 0.3) is 34.2 Å². The monoisotopic (exact) mass is 562 g/mol. The van der Waals surface area contributed by atoms with Crippen molar-refractivity contribution in [2.45, 2.75) is 32.1 Å². The van der Waals surface area contributed by atoms with Crippen LogP contribution in [0.2, 0.25) is 0 Å². The minimum absolute atomic E-state index is 0.714. The summed E-state index contributed by atoms with van der Waals surface area (Å²) in [5.74, 6) is 1.62. The summed E-state index contributed by atoms with van der Waals surface area (Å²) in [7, 11) is 0. The van der Waals surface area contributed by atoms with Gasteiger partial charge < -0.3 is 11.1 Å². The van der Waals surface area contributed by atoms with Crippen molar-refractivity contribution in [2.75, 3.05) is 18.4 Å². The minimum atomic E-state index is 0.714. The first-order chi connectivity index (χ1) is 16.7. The van der Waals surface area contributed by atoms with E-state index in [0.29, 0.717) is 5.82 Å². The molecule has 1 heterocycles. The van der Waals surface area contributed by atoms with Gasteiger partial charge in [-0.2, -0.15) is 0 Å². The van der Waals surface area contributed by atoms with Gasteiger partial charge in [0.25, 0.3) is 0 Å². The molecule has 0 aliphatic carbocycles. The van der Waals surface area contributed by atoms with Crippen molar-refractivity contribution in [3.63, 3.8) is 0 Å². The zero-order chi connectivity index (χ0) is 23.6. The van der Waals surface area contributed by atoms with E-state index in [2.05, 4.69) is 101 Å². The molecule has 3 N–H and O–H groups in total. The Morgan fingerprint density at radius 3 is 2.29 bits per heavy atom. The van der Waals surface area contributed by atoms with E-state index >= 15 is 0 Å². The highest BCUT2D eigenvalue weighted by Gasteiger charge is 2.07. The van der Waals surface area contributed by atoms with Gasteiger partial charge in [-0.3, -0.25) is 0 Å². The molecule has 5 heteroatoms. The molecule has 0 saturated heterocycles. The lowest BCUT2D eigenvalue weighted by atomic mass is 10.0. The van der Waals surface area contributed by atoms with E-state index in [1.54, 1.807) is 0 Å². The number of aromatic nitrogens is 2.